The number of hydrogen-bond acceptors (Lipinski definition) is 6. The van der Waals surface area contributed by atoms with Crippen molar-refractivity contribution in [3.05, 3.63) is 46.1 Å². The van der Waals surface area contributed by atoms with Gasteiger partial charge in [-0.05, 0) is 76.2 Å². The number of esters is 2. The van der Waals surface area contributed by atoms with Crippen LogP contribution in [0.4, 0.5) is 0 Å². The molecule has 0 saturated heterocycles. The van der Waals surface area contributed by atoms with Crippen LogP contribution in [-0.4, -0.2) is 35.7 Å². The van der Waals surface area contributed by atoms with Crippen molar-refractivity contribution in [3.63, 3.8) is 0 Å². The van der Waals surface area contributed by atoms with Crippen molar-refractivity contribution in [1.29, 1.82) is 0 Å². The number of aliphatic hydroxyl groups excluding tert-OH is 1. The van der Waals surface area contributed by atoms with E-state index >= 15 is 0 Å². The molecular weight excluding hydrogens is 420 g/mol. The van der Waals surface area contributed by atoms with Gasteiger partial charge in [-0.1, -0.05) is 42.7 Å². The molecule has 6 nitrogen and oxygen atoms in total. The van der Waals surface area contributed by atoms with Crippen LogP contribution < -0.4 is 0 Å². The van der Waals surface area contributed by atoms with Gasteiger partial charge in [0.05, 0.1) is 6.10 Å². The van der Waals surface area contributed by atoms with Gasteiger partial charge in [0.1, 0.15) is 6.29 Å². The van der Waals surface area contributed by atoms with E-state index in [2.05, 4.69) is 33.8 Å². The topological polar surface area (TPSA) is 89.9 Å². The molecule has 33 heavy (non-hydrogen) atoms. The zero-order chi connectivity index (χ0) is 24.6. The van der Waals surface area contributed by atoms with Gasteiger partial charge >= 0.3 is 11.9 Å². The SMILES string of the molecule is CC(=O)O[C@@H]1OC(=O)C=C1[C@@H](O)C/C=C(/C=O)CC/C=C(\C)CCC1=C(C)CCCC1(C)C. The van der Waals surface area contributed by atoms with Crippen LogP contribution in [0.25, 0.3) is 0 Å². The van der Waals surface area contributed by atoms with E-state index in [-0.39, 0.29) is 17.4 Å². The molecule has 0 amide bonds. The fourth-order valence-corrected chi connectivity index (χ4v) is 4.65. The van der Waals surface area contributed by atoms with Crippen molar-refractivity contribution in [1.82, 2.24) is 0 Å². The molecular formula is C27H38O6. The van der Waals surface area contributed by atoms with Crippen LogP contribution in [0.3, 0.4) is 0 Å². The Morgan fingerprint density at radius 1 is 1.30 bits per heavy atom. The highest BCUT2D eigenvalue weighted by Crippen LogP contribution is 2.42. The van der Waals surface area contributed by atoms with E-state index < -0.39 is 24.3 Å². The molecule has 0 aromatic rings. The first-order valence-corrected chi connectivity index (χ1v) is 11.8. The Balaban J connectivity index is 1.87. The van der Waals surface area contributed by atoms with Crippen LogP contribution in [0, 0.1) is 5.41 Å². The predicted molar refractivity (Wildman–Crippen MR) is 127 cm³/mol. The Morgan fingerprint density at radius 2 is 2.03 bits per heavy atom. The minimum absolute atomic E-state index is 0.125. The summed E-state index contributed by atoms with van der Waals surface area (Å²) in [5.74, 6) is -1.28. The van der Waals surface area contributed by atoms with E-state index in [0.717, 1.165) is 31.6 Å². The zero-order valence-electron chi connectivity index (χ0n) is 20.6. The smallest absolute Gasteiger partial charge is 0.334 e. The molecule has 0 radical (unpaired) electrons. The van der Waals surface area contributed by atoms with E-state index in [1.54, 1.807) is 17.2 Å². The number of allylic oxidation sites excluding steroid dienone is 5. The number of hydrogen-bond donors (Lipinski definition) is 1. The van der Waals surface area contributed by atoms with Crippen molar-refractivity contribution < 1.29 is 29.0 Å². The fourth-order valence-electron chi connectivity index (χ4n) is 4.65. The molecule has 0 bridgehead atoms. The van der Waals surface area contributed by atoms with Gasteiger partial charge in [-0.25, -0.2) is 4.79 Å². The molecule has 2 atom stereocenters. The minimum Gasteiger partial charge on any atom is -0.421 e. The minimum atomic E-state index is -1.21. The first-order chi connectivity index (χ1) is 15.5. The van der Waals surface area contributed by atoms with Gasteiger partial charge in [0, 0.05) is 18.6 Å². The Labute approximate surface area is 197 Å². The normalized spacial score (nSPS) is 22.1. The molecule has 1 aliphatic heterocycles. The standard InChI is InChI=1S/C27H38O6/c1-18(11-13-23-19(2)9-7-15-27(23,4)5)8-6-10-21(17-28)12-14-24(30)22-16-25(31)33-26(22)32-20(3)29/h8,12,16-17,24,26,30H,6-7,9-11,13-15H2,1-5H3/b18-8+,21-12+/t24-,26+/m0/s1. The summed E-state index contributed by atoms with van der Waals surface area (Å²) in [4.78, 5) is 34.1. The molecule has 2 rings (SSSR count). The number of aliphatic hydroxyl groups is 1. The van der Waals surface area contributed by atoms with Crippen LogP contribution in [0.15, 0.2) is 46.1 Å². The van der Waals surface area contributed by atoms with Gasteiger partial charge < -0.3 is 14.6 Å². The fraction of sp³-hybridized carbons (Fsp3) is 0.593. The Bertz CT molecular complexity index is 871. The number of carbonyl (C=O) groups excluding carboxylic acids is 3. The second-order valence-electron chi connectivity index (χ2n) is 9.76. The summed E-state index contributed by atoms with van der Waals surface area (Å²) in [6.07, 6.45) is 10.8. The molecule has 1 aliphatic carbocycles. The molecule has 182 valence electrons. The van der Waals surface area contributed by atoms with Gasteiger partial charge in [-0.3, -0.25) is 9.59 Å². The maximum Gasteiger partial charge on any atom is 0.334 e. The first kappa shape index (κ1) is 26.8. The molecule has 0 fully saturated rings. The number of rotatable bonds is 11. The molecule has 2 aliphatic rings. The average molecular weight is 459 g/mol. The van der Waals surface area contributed by atoms with Crippen molar-refractivity contribution in [2.24, 2.45) is 5.41 Å². The second-order valence-corrected chi connectivity index (χ2v) is 9.76. The molecule has 0 saturated carbocycles. The lowest BCUT2D eigenvalue weighted by atomic mass is 9.71. The highest BCUT2D eigenvalue weighted by atomic mass is 16.7. The lowest BCUT2D eigenvalue weighted by Gasteiger charge is -2.35. The van der Waals surface area contributed by atoms with E-state index in [4.69, 9.17) is 9.47 Å². The molecule has 1 heterocycles. The Hall–Kier alpha value is -2.47. The maximum absolute atomic E-state index is 11.5. The summed E-state index contributed by atoms with van der Waals surface area (Å²) in [5.41, 5.74) is 5.51. The van der Waals surface area contributed by atoms with Crippen LogP contribution >= 0.6 is 0 Å². The van der Waals surface area contributed by atoms with Crippen LogP contribution in [0.1, 0.15) is 86.0 Å². The number of ether oxygens (including phenoxy) is 2. The Morgan fingerprint density at radius 3 is 2.67 bits per heavy atom. The largest absolute Gasteiger partial charge is 0.421 e. The summed E-state index contributed by atoms with van der Waals surface area (Å²) in [6.45, 7) is 10.3. The van der Waals surface area contributed by atoms with Crippen LogP contribution in [0.5, 0.6) is 0 Å². The highest BCUT2D eigenvalue weighted by molar-refractivity contribution is 5.86. The van der Waals surface area contributed by atoms with Gasteiger partial charge in [0.15, 0.2) is 0 Å². The van der Waals surface area contributed by atoms with Crippen LogP contribution in [-0.2, 0) is 23.9 Å². The Kier molecular flexibility index (Phi) is 9.84. The van der Waals surface area contributed by atoms with Crippen molar-refractivity contribution in [3.8, 4) is 0 Å². The van der Waals surface area contributed by atoms with Crippen LogP contribution in [0.2, 0.25) is 0 Å². The van der Waals surface area contributed by atoms with E-state index in [9.17, 15) is 19.5 Å². The molecule has 1 N–H and O–H groups in total. The summed E-state index contributed by atoms with van der Waals surface area (Å²) in [5, 5.41) is 10.4. The third-order valence-corrected chi connectivity index (χ3v) is 6.57. The van der Waals surface area contributed by atoms with Gasteiger partial charge in [0.2, 0.25) is 0 Å². The van der Waals surface area contributed by atoms with E-state index in [0.29, 0.717) is 12.0 Å². The van der Waals surface area contributed by atoms with Gasteiger partial charge in [-0.2, -0.15) is 0 Å². The summed E-state index contributed by atoms with van der Waals surface area (Å²) >= 11 is 0. The van der Waals surface area contributed by atoms with Gasteiger partial charge in [-0.15, -0.1) is 0 Å². The summed E-state index contributed by atoms with van der Waals surface area (Å²) in [6, 6.07) is 0. The van der Waals surface area contributed by atoms with Crippen molar-refractivity contribution in [2.45, 2.75) is 98.4 Å². The second kappa shape index (κ2) is 12.1. The third-order valence-electron chi connectivity index (χ3n) is 6.57. The van der Waals surface area contributed by atoms with E-state index in [1.165, 1.54) is 31.8 Å². The zero-order valence-corrected chi connectivity index (χ0v) is 20.6. The molecule has 6 heteroatoms. The average Bonchev–Trinajstić information content (AvgIpc) is 3.08. The first-order valence-electron chi connectivity index (χ1n) is 11.8. The summed E-state index contributed by atoms with van der Waals surface area (Å²) < 4.78 is 9.80. The molecule has 0 unspecified atom stereocenters. The predicted octanol–water partition coefficient (Wildman–Crippen LogP) is 5.27. The summed E-state index contributed by atoms with van der Waals surface area (Å²) in [7, 11) is 0. The maximum atomic E-state index is 11.5. The number of cyclic esters (lactones) is 1. The lowest BCUT2D eigenvalue weighted by Crippen LogP contribution is -2.25. The van der Waals surface area contributed by atoms with E-state index in [1.807, 2.05) is 0 Å². The van der Waals surface area contributed by atoms with Gasteiger partial charge in [0.25, 0.3) is 6.29 Å². The third kappa shape index (κ3) is 8.11. The highest BCUT2D eigenvalue weighted by Gasteiger charge is 2.33. The molecule has 0 aromatic carbocycles. The number of carbonyl (C=O) groups is 3. The molecule has 0 aromatic heterocycles. The van der Waals surface area contributed by atoms with Crippen molar-refractivity contribution in [2.75, 3.05) is 0 Å². The lowest BCUT2D eigenvalue weighted by molar-refractivity contribution is -0.173. The molecule has 0 spiro atoms. The number of aldehydes is 1. The van der Waals surface area contributed by atoms with Crippen molar-refractivity contribution >= 4 is 18.2 Å². The monoisotopic (exact) mass is 458 g/mol. The quantitative estimate of drug-likeness (QED) is 0.196.